The molecule has 4 N–H and O–H groups in total. The van der Waals surface area contributed by atoms with E-state index in [9.17, 15) is 24.0 Å². The van der Waals surface area contributed by atoms with E-state index >= 15 is 0 Å². The Labute approximate surface area is 312 Å². The van der Waals surface area contributed by atoms with E-state index in [1.54, 1.807) is 11.8 Å². The quantitative estimate of drug-likeness (QED) is 0.0979. The van der Waals surface area contributed by atoms with Crippen molar-refractivity contribution in [2.24, 2.45) is 5.92 Å². The summed E-state index contributed by atoms with van der Waals surface area (Å²) in [6.07, 6.45) is 0.210. The van der Waals surface area contributed by atoms with Crippen molar-refractivity contribution in [1.82, 2.24) is 21.3 Å². The van der Waals surface area contributed by atoms with Crippen LogP contribution in [0.1, 0.15) is 56.7 Å². The number of hydrogen-bond acceptors (Lipinski definition) is 9. The third-order valence-corrected chi connectivity index (χ3v) is 8.16. The first-order valence-electron chi connectivity index (χ1n) is 18.0. The highest BCUT2D eigenvalue weighted by Gasteiger charge is 2.27. The van der Waals surface area contributed by atoms with Crippen molar-refractivity contribution in [3.63, 3.8) is 0 Å². The van der Waals surface area contributed by atoms with Gasteiger partial charge in [0.25, 0.3) is 0 Å². The first-order chi connectivity index (χ1) is 25.6. The molecule has 0 bridgehead atoms. The molecule has 0 radical (unpaired) electrons. The number of anilines is 1. The summed E-state index contributed by atoms with van der Waals surface area (Å²) in [5, 5.41) is 10.6. The lowest BCUT2D eigenvalue weighted by Gasteiger charge is -2.26. The molecule has 0 saturated heterocycles. The fourth-order valence-electron chi connectivity index (χ4n) is 5.21. The van der Waals surface area contributed by atoms with Gasteiger partial charge in [-0.2, -0.15) is 0 Å². The first kappa shape index (κ1) is 42.6. The number of carbonyl (C=O) groups excluding carboxylic acids is 5. The van der Waals surface area contributed by atoms with Crippen LogP contribution < -0.4 is 26.2 Å². The molecule has 2 aromatic rings. The molecule has 0 spiro atoms. The lowest BCUT2D eigenvalue weighted by molar-refractivity contribution is -0.133. The number of fused-ring (bicyclic) bond motifs is 2. The molecule has 53 heavy (non-hydrogen) atoms. The van der Waals surface area contributed by atoms with Gasteiger partial charge in [-0.05, 0) is 36.6 Å². The molecule has 288 valence electrons. The molecule has 1 heterocycles. The number of rotatable bonds is 23. The van der Waals surface area contributed by atoms with Gasteiger partial charge in [0.1, 0.15) is 12.1 Å². The highest BCUT2D eigenvalue weighted by molar-refractivity contribution is 5.97. The zero-order valence-electron chi connectivity index (χ0n) is 31.2. The fraction of sp³-hybridized carbons (Fsp3) is 0.513. The van der Waals surface area contributed by atoms with Crippen LogP contribution in [0.2, 0.25) is 0 Å². The summed E-state index contributed by atoms with van der Waals surface area (Å²) in [5.74, 6) is 4.76. The number of ether oxygens (including phenoxy) is 4. The second-order valence-corrected chi connectivity index (χ2v) is 12.6. The van der Waals surface area contributed by atoms with Crippen LogP contribution in [0.25, 0.3) is 0 Å². The van der Waals surface area contributed by atoms with E-state index in [1.165, 1.54) is 7.05 Å². The third kappa shape index (κ3) is 15.4. The van der Waals surface area contributed by atoms with Crippen molar-refractivity contribution in [1.29, 1.82) is 0 Å². The van der Waals surface area contributed by atoms with E-state index < -0.39 is 18.0 Å². The Morgan fingerprint density at radius 1 is 0.679 bits per heavy atom. The average Bonchev–Trinajstić information content (AvgIpc) is 3.14. The van der Waals surface area contributed by atoms with Crippen molar-refractivity contribution in [3.8, 4) is 11.8 Å². The minimum absolute atomic E-state index is 0.0645. The molecule has 2 atom stereocenters. The molecule has 1 aliphatic rings. The topological polar surface area (TPSA) is 174 Å². The number of benzene rings is 2. The van der Waals surface area contributed by atoms with E-state index in [4.69, 9.17) is 18.9 Å². The maximum absolute atomic E-state index is 13.3. The Hall–Kier alpha value is -4.81. The van der Waals surface area contributed by atoms with E-state index in [-0.39, 0.29) is 55.4 Å². The molecule has 0 aliphatic carbocycles. The third-order valence-electron chi connectivity index (χ3n) is 8.16. The highest BCUT2D eigenvalue weighted by Crippen LogP contribution is 2.26. The zero-order valence-corrected chi connectivity index (χ0v) is 31.2. The zero-order chi connectivity index (χ0) is 38.4. The van der Waals surface area contributed by atoms with Gasteiger partial charge in [-0.15, -0.1) is 0 Å². The van der Waals surface area contributed by atoms with Gasteiger partial charge in [-0.3, -0.25) is 24.0 Å². The second kappa shape index (κ2) is 23.7. The predicted molar refractivity (Wildman–Crippen MR) is 199 cm³/mol. The summed E-state index contributed by atoms with van der Waals surface area (Å²) in [5.41, 5.74) is 3.35. The summed E-state index contributed by atoms with van der Waals surface area (Å²) in [4.78, 5) is 63.9. The second-order valence-electron chi connectivity index (χ2n) is 12.6. The number of nitrogens with one attached hydrogen (secondary N) is 4. The molecule has 5 amide bonds. The number of hydrogen-bond donors (Lipinski definition) is 4. The van der Waals surface area contributed by atoms with Gasteiger partial charge in [0, 0.05) is 44.0 Å². The minimum atomic E-state index is -0.770. The summed E-state index contributed by atoms with van der Waals surface area (Å²) in [6.45, 7) is 8.44. The monoisotopic (exact) mass is 735 g/mol. The Morgan fingerprint density at radius 3 is 1.92 bits per heavy atom. The number of amides is 5. The summed E-state index contributed by atoms with van der Waals surface area (Å²) in [7, 11) is 1.49. The van der Waals surface area contributed by atoms with Crippen LogP contribution in [0, 0.1) is 17.8 Å². The molecule has 1 unspecified atom stereocenters. The van der Waals surface area contributed by atoms with Gasteiger partial charge in [0.05, 0.1) is 65.1 Å². The van der Waals surface area contributed by atoms with E-state index in [2.05, 4.69) is 33.1 Å². The number of carbonyl (C=O) groups is 5. The van der Waals surface area contributed by atoms with Crippen molar-refractivity contribution < 1.29 is 42.9 Å². The van der Waals surface area contributed by atoms with Crippen LogP contribution in [-0.4, -0.2) is 108 Å². The molecule has 0 saturated carbocycles. The molecule has 14 heteroatoms. The highest BCUT2D eigenvalue weighted by atomic mass is 16.6. The Morgan fingerprint density at radius 2 is 1.26 bits per heavy atom. The maximum atomic E-state index is 13.3. The number of para-hydroxylation sites is 1. The minimum Gasteiger partial charge on any atom is -0.379 e. The van der Waals surface area contributed by atoms with Crippen LogP contribution in [0.3, 0.4) is 0 Å². The Bertz CT molecular complexity index is 1570. The SMILES string of the molecule is CNC(=O)[C@H](C)NC(=O)C(NC(=O)CCOCCOCCOCCOCCNC(=O)CCC(=O)N1Cc2ccccc2C#Cc2ccccc21)C(C)C. The summed E-state index contributed by atoms with van der Waals surface area (Å²) < 4.78 is 21.9. The van der Waals surface area contributed by atoms with E-state index in [1.807, 2.05) is 62.4 Å². The molecule has 2 aromatic carbocycles. The van der Waals surface area contributed by atoms with Gasteiger partial charge in [-0.25, -0.2) is 0 Å². The maximum Gasteiger partial charge on any atom is 0.243 e. The van der Waals surface area contributed by atoms with Crippen molar-refractivity contribution >= 4 is 35.2 Å². The smallest absolute Gasteiger partial charge is 0.243 e. The molecule has 14 nitrogen and oxygen atoms in total. The molecule has 0 aromatic heterocycles. The lowest BCUT2D eigenvalue weighted by Crippen LogP contribution is -2.54. The fourth-order valence-corrected chi connectivity index (χ4v) is 5.21. The van der Waals surface area contributed by atoms with Gasteiger partial charge < -0.3 is 45.1 Å². The number of likely N-dealkylation sites (N-methyl/N-ethyl adjacent to an activating group) is 1. The normalized spacial score (nSPS) is 12.9. The molecular weight excluding hydrogens is 682 g/mol. The number of nitrogens with zero attached hydrogens (tertiary/aromatic N) is 1. The molecule has 0 fully saturated rings. The average molecular weight is 736 g/mol. The van der Waals surface area contributed by atoms with E-state index in [0.717, 1.165) is 22.4 Å². The predicted octanol–water partition coefficient (Wildman–Crippen LogP) is 1.68. The van der Waals surface area contributed by atoms with Crippen molar-refractivity contribution in [2.75, 3.05) is 71.3 Å². The van der Waals surface area contributed by atoms with E-state index in [0.29, 0.717) is 59.3 Å². The van der Waals surface area contributed by atoms with Crippen molar-refractivity contribution in [2.45, 2.75) is 58.7 Å². The standard InChI is InChI=1S/C39H53N5O9/c1-28(2)37(39(49)42-29(3)38(48)40-4)43-35(46)17-19-50-21-23-52-25-26-53-24-22-51-20-18-41-34(45)15-16-36(47)44-27-32-11-6-5-9-30(32)13-14-31-10-7-8-12-33(31)44/h5-12,28-29,37H,15-27H2,1-4H3,(H,40,48)(H,41,45)(H,42,49)(H,43,46)/t29-,37?/m0/s1. The van der Waals surface area contributed by atoms with Gasteiger partial charge in [-0.1, -0.05) is 56.0 Å². The van der Waals surface area contributed by atoms with Crippen LogP contribution in [0.5, 0.6) is 0 Å². The van der Waals surface area contributed by atoms with Gasteiger partial charge in [0.15, 0.2) is 0 Å². The van der Waals surface area contributed by atoms with Crippen LogP contribution >= 0.6 is 0 Å². The molecule has 3 rings (SSSR count). The first-order valence-corrected chi connectivity index (χ1v) is 18.0. The summed E-state index contributed by atoms with van der Waals surface area (Å²) >= 11 is 0. The Kier molecular flexibility index (Phi) is 19.0. The molecular formula is C39H53N5O9. The van der Waals surface area contributed by atoms with Gasteiger partial charge >= 0.3 is 0 Å². The van der Waals surface area contributed by atoms with Crippen LogP contribution in [0.15, 0.2) is 48.5 Å². The molecule has 1 aliphatic heterocycles. The summed E-state index contributed by atoms with van der Waals surface area (Å²) in [6, 6.07) is 13.8. The van der Waals surface area contributed by atoms with Crippen LogP contribution in [-0.2, 0) is 49.5 Å². The largest absolute Gasteiger partial charge is 0.379 e. The van der Waals surface area contributed by atoms with Gasteiger partial charge in [0.2, 0.25) is 29.5 Å². The van der Waals surface area contributed by atoms with Crippen molar-refractivity contribution in [3.05, 3.63) is 65.2 Å². The van der Waals surface area contributed by atoms with Crippen LogP contribution in [0.4, 0.5) is 5.69 Å². The lowest BCUT2D eigenvalue weighted by atomic mass is 10.0. The Balaban J connectivity index is 1.16.